The average Bonchev–Trinajstić information content (AvgIpc) is 3.25. The molecule has 8 nitrogen and oxygen atoms in total. The number of hydrogen-bond donors (Lipinski definition) is 0. The maximum Gasteiger partial charge on any atom is 0.248 e. The van der Waals surface area contributed by atoms with Crippen LogP contribution in [0.2, 0.25) is 0 Å². The van der Waals surface area contributed by atoms with Gasteiger partial charge in [-0.3, -0.25) is 9.69 Å². The number of halogens is 1. The molecule has 0 bridgehead atoms. The van der Waals surface area contributed by atoms with Gasteiger partial charge in [-0.2, -0.15) is 4.31 Å². The molecule has 2 aliphatic heterocycles. The third kappa shape index (κ3) is 5.65. The summed E-state index contributed by atoms with van der Waals surface area (Å²) in [5, 5.41) is 3.86. The highest BCUT2D eigenvalue weighted by Gasteiger charge is 2.38. The lowest BCUT2D eigenvalue weighted by atomic mass is 9.98. The van der Waals surface area contributed by atoms with Crippen molar-refractivity contribution < 1.29 is 22.1 Å². The van der Waals surface area contributed by atoms with E-state index in [9.17, 15) is 17.6 Å². The smallest absolute Gasteiger partial charge is 0.248 e. The van der Waals surface area contributed by atoms with E-state index in [1.54, 1.807) is 25.1 Å². The molecule has 35 heavy (non-hydrogen) atoms. The first-order valence-electron chi connectivity index (χ1n) is 12.2. The molecule has 0 aliphatic carbocycles. The normalized spacial score (nSPS) is 20.5. The standard InChI is InChI=1S/C25H33FN4O4S/c1-3-12-28-14-16-29(17-15-28)25(31)21-8-6-13-30(18-21)35(32,33)24-19(2)27-34-23(24)11-10-20-7-4-5-9-22(20)26/h4-5,7,9-11,21H,3,6,8,12-18H2,1-2H3/b11-10+. The van der Waals surface area contributed by atoms with Crippen molar-refractivity contribution in [2.75, 3.05) is 45.8 Å². The predicted octanol–water partition coefficient (Wildman–Crippen LogP) is 3.25. The number of sulfonamides is 1. The zero-order chi connectivity index (χ0) is 25.0. The molecule has 2 saturated heterocycles. The molecule has 0 N–H and O–H groups in total. The Bertz CT molecular complexity index is 1170. The molecule has 4 rings (SSSR count). The summed E-state index contributed by atoms with van der Waals surface area (Å²) < 4.78 is 47.9. The molecular formula is C25H33FN4O4S. The number of piperidine rings is 1. The van der Waals surface area contributed by atoms with Gasteiger partial charge in [0.25, 0.3) is 0 Å². The van der Waals surface area contributed by atoms with E-state index in [2.05, 4.69) is 17.0 Å². The van der Waals surface area contributed by atoms with Gasteiger partial charge in [-0.15, -0.1) is 0 Å². The summed E-state index contributed by atoms with van der Waals surface area (Å²) in [6.07, 6.45) is 5.25. The summed E-state index contributed by atoms with van der Waals surface area (Å²) in [4.78, 5) is 17.4. The van der Waals surface area contributed by atoms with Crippen LogP contribution in [0.5, 0.6) is 0 Å². The first-order chi connectivity index (χ1) is 16.8. The highest BCUT2D eigenvalue weighted by Crippen LogP contribution is 2.30. The van der Waals surface area contributed by atoms with Gasteiger partial charge in [0.2, 0.25) is 15.9 Å². The number of amides is 1. The highest BCUT2D eigenvalue weighted by molar-refractivity contribution is 7.89. The van der Waals surface area contributed by atoms with E-state index in [0.29, 0.717) is 38.0 Å². The van der Waals surface area contributed by atoms with Gasteiger partial charge in [0.05, 0.1) is 5.92 Å². The van der Waals surface area contributed by atoms with E-state index in [1.807, 2.05) is 4.90 Å². The molecule has 0 spiro atoms. The highest BCUT2D eigenvalue weighted by atomic mass is 32.2. The monoisotopic (exact) mass is 504 g/mol. The fourth-order valence-corrected chi connectivity index (χ4v) is 6.61. The van der Waals surface area contributed by atoms with Crippen LogP contribution in [0.15, 0.2) is 33.7 Å². The second-order valence-electron chi connectivity index (χ2n) is 9.19. The summed E-state index contributed by atoms with van der Waals surface area (Å²) in [7, 11) is -3.95. The van der Waals surface area contributed by atoms with Crippen molar-refractivity contribution in [3.05, 3.63) is 47.1 Å². The molecule has 190 valence electrons. The summed E-state index contributed by atoms with van der Waals surface area (Å²) in [6, 6.07) is 6.20. The van der Waals surface area contributed by atoms with Crippen LogP contribution in [0.25, 0.3) is 12.2 Å². The van der Waals surface area contributed by atoms with Crippen molar-refractivity contribution in [3.8, 4) is 0 Å². The Hall–Kier alpha value is -2.56. The lowest BCUT2D eigenvalue weighted by molar-refractivity contribution is -0.138. The molecular weight excluding hydrogens is 471 g/mol. The third-order valence-electron chi connectivity index (χ3n) is 6.71. The van der Waals surface area contributed by atoms with Crippen molar-refractivity contribution in [3.63, 3.8) is 0 Å². The zero-order valence-electron chi connectivity index (χ0n) is 20.3. The first kappa shape index (κ1) is 25.5. The number of aryl methyl sites for hydroxylation is 1. The van der Waals surface area contributed by atoms with Gasteiger partial charge in [0, 0.05) is 44.8 Å². The Kier molecular flexibility index (Phi) is 8.03. The number of carbonyl (C=O) groups excluding carboxylic acids is 1. The molecule has 1 aromatic heterocycles. The maximum absolute atomic E-state index is 14.0. The lowest BCUT2D eigenvalue weighted by Gasteiger charge is -2.38. The van der Waals surface area contributed by atoms with E-state index >= 15 is 0 Å². The zero-order valence-corrected chi connectivity index (χ0v) is 21.1. The van der Waals surface area contributed by atoms with Crippen LogP contribution in [-0.4, -0.2) is 79.4 Å². The van der Waals surface area contributed by atoms with E-state index in [-0.39, 0.29) is 34.7 Å². The second-order valence-corrected chi connectivity index (χ2v) is 11.1. The van der Waals surface area contributed by atoms with E-state index in [1.165, 1.54) is 22.5 Å². The quantitative estimate of drug-likeness (QED) is 0.575. The van der Waals surface area contributed by atoms with Gasteiger partial charge >= 0.3 is 0 Å². The molecule has 3 heterocycles. The van der Waals surface area contributed by atoms with Crippen LogP contribution in [0.1, 0.15) is 43.2 Å². The van der Waals surface area contributed by atoms with Crippen LogP contribution in [-0.2, 0) is 14.8 Å². The largest absolute Gasteiger partial charge is 0.355 e. The van der Waals surface area contributed by atoms with Crippen LogP contribution in [0.3, 0.4) is 0 Å². The van der Waals surface area contributed by atoms with E-state index in [4.69, 9.17) is 4.52 Å². The molecule has 2 aliphatic rings. The number of piperazine rings is 1. The molecule has 2 aromatic rings. The van der Waals surface area contributed by atoms with Crippen molar-refractivity contribution >= 4 is 28.1 Å². The Morgan fingerprint density at radius 2 is 1.91 bits per heavy atom. The molecule has 1 atom stereocenters. The van der Waals surface area contributed by atoms with Crippen molar-refractivity contribution in [2.45, 2.75) is 38.0 Å². The third-order valence-corrected chi connectivity index (χ3v) is 8.73. The van der Waals surface area contributed by atoms with Gasteiger partial charge < -0.3 is 9.42 Å². The minimum Gasteiger partial charge on any atom is -0.355 e. The van der Waals surface area contributed by atoms with Crippen molar-refractivity contribution in [1.82, 2.24) is 19.3 Å². The SMILES string of the molecule is CCCN1CCN(C(=O)C2CCCN(S(=O)(=O)c3c(C)noc3/C=C/c3ccccc3F)C2)CC1. The van der Waals surface area contributed by atoms with Gasteiger partial charge in [-0.05, 0) is 50.9 Å². The Morgan fingerprint density at radius 1 is 1.17 bits per heavy atom. The number of aromatic nitrogens is 1. The fraction of sp³-hybridized carbons (Fsp3) is 0.520. The molecule has 1 aromatic carbocycles. The topological polar surface area (TPSA) is 87.0 Å². The molecule has 0 saturated carbocycles. The number of carbonyl (C=O) groups is 1. The number of rotatable bonds is 7. The van der Waals surface area contributed by atoms with Crippen LogP contribution >= 0.6 is 0 Å². The molecule has 10 heteroatoms. The summed E-state index contributed by atoms with van der Waals surface area (Å²) in [5.41, 5.74) is 0.547. The Labute approximate surface area is 206 Å². The fourth-order valence-electron chi connectivity index (χ4n) is 4.83. The second kappa shape index (κ2) is 11.0. The maximum atomic E-state index is 14.0. The van der Waals surface area contributed by atoms with Crippen molar-refractivity contribution in [1.29, 1.82) is 0 Å². The molecule has 2 fully saturated rings. The average molecular weight is 505 g/mol. The Morgan fingerprint density at radius 3 is 2.63 bits per heavy atom. The van der Waals surface area contributed by atoms with E-state index in [0.717, 1.165) is 26.1 Å². The molecule has 1 amide bonds. The predicted molar refractivity (Wildman–Crippen MR) is 131 cm³/mol. The lowest BCUT2D eigenvalue weighted by Crippen LogP contribution is -2.53. The van der Waals surface area contributed by atoms with Crippen molar-refractivity contribution in [2.24, 2.45) is 5.92 Å². The van der Waals surface area contributed by atoms with Gasteiger partial charge in [-0.25, -0.2) is 12.8 Å². The first-order valence-corrected chi connectivity index (χ1v) is 13.7. The molecule has 0 radical (unpaired) electrons. The number of nitrogens with zero attached hydrogens (tertiary/aromatic N) is 4. The minimum absolute atomic E-state index is 0.0303. The van der Waals surface area contributed by atoms with Gasteiger partial charge in [0.1, 0.15) is 11.5 Å². The molecule has 1 unspecified atom stereocenters. The summed E-state index contributed by atoms with van der Waals surface area (Å²) >= 11 is 0. The van der Waals surface area contributed by atoms with Crippen LogP contribution < -0.4 is 0 Å². The number of benzene rings is 1. The summed E-state index contributed by atoms with van der Waals surface area (Å²) in [5.74, 6) is -0.708. The minimum atomic E-state index is -3.95. The Balaban J connectivity index is 1.49. The van der Waals surface area contributed by atoms with Crippen LogP contribution in [0.4, 0.5) is 4.39 Å². The van der Waals surface area contributed by atoms with E-state index < -0.39 is 15.8 Å². The number of hydrogen-bond acceptors (Lipinski definition) is 6. The van der Waals surface area contributed by atoms with Crippen LogP contribution in [0, 0.1) is 18.7 Å². The van der Waals surface area contributed by atoms with Gasteiger partial charge in [-0.1, -0.05) is 30.3 Å². The summed E-state index contributed by atoms with van der Waals surface area (Å²) in [6.45, 7) is 8.28. The van der Waals surface area contributed by atoms with Gasteiger partial charge in [0.15, 0.2) is 10.7 Å².